The van der Waals surface area contributed by atoms with E-state index < -0.39 is 0 Å². The summed E-state index contributed by atoms with van der Waals surface area (Å²) in [7, 11) is 0. The smallest absolute Gasteiger partial charge is 0.416 e. The number of nitrogens with two attached hydrogens (primary N) is 1. The highest BCUT2D eigenvalue weighted by atomic mass is 16.4. The summed E-state index contributed by atoms with van der Waals surface area (Å²) in [5, 5.41) is 0. The predicted molar refractivity (Wildman–Crippen MR) is 122 cm³/mol. The maximum atomic E-state index is 13.1. The number of hydrogen-bond donors (Lipinski definition) is 1. The van der Waals surface area contributed by atoms with Gasteiger partial charge in [-0.25, -0.2) is 4.79 Å². The van der Waals surface area contributed by atoms with Gasteiger partial charge in [-0.1, -0.05) is 55.0 Å². The van der Waals surface area contributed by atoms with Gasteiger partial charge in [-0.3, -0.25) is 9.36 Å². The summed E-state index contributed by atoms with van der Waals surface area (Å²) in [4.78, 5) is 27.2. The summed E-state index contributed by atoms with van der Waals surface area (Å²) in [5.41, 5.74) is 9.37. The van der Waals surface area contributed by atoms with E-state index in [2.05, 4.69) is 6.92 Å². The van der Waals surface area contributed by atoms with Crippen molar-refractivity contribution in [2.24, 2.45) is 11.7 Å². The molecular weight excluding hydrogens is 390 g/mol. The molecule has 0 radical (unpaired) electrons. The van der Waals surface area contributed by atoms with Crippen molar-refractivity contribution in [2.75, 3.05) is 19.6 Å². The summed E-state index contributed by atoms with van der Waals surface area (Å²) in [6, 6.07) is 17.5. The molecule has 3 rings (SSSR count). The van der Waals surface area contributed by atoms with Crippen molar-refractivity contribution < 1.29 is 9.21 Å². The Morgan fingerprint density at radius 3 is 2.52 bits per heavy atom. The molecule has 0 bridgehead atoms. The van der Waals surface area contributed by atoms with Gasteiger partial charge in [0.25, 0.3) is 5.91 Å². The van der Waals surface area contributed by atoms with Gasteiger partial charge in [-0.05, 0) is 49.9 Å². The topological polar surface area (TPSA) is 81.5 Å². The monoisotopic (exact) mass is 421 g/mol. The Hall–Kier alpha value is -3.12. The molecule has 1 heterocycles. The highest BCUT2D eigenvalue weighted by Crippen LogP contribution is 2.14. The Kier molecular flexibility index (Phi) is 7.84. The second-order valence-electron chi connectivity index (χ2n) is 8.13. The molecule has 1 aromatic heterocycles. The molecule has 1 amide bonds. The first-order chi connectivity index (χ1) is 15.0. The van der Waals surface area contributed by atoms with E-state index in [-0.39, 0.29) is 17.6 Å². The minimum absolute atomic E-state index is 0.00849. The van der Waals surface area contributed by atoms with Crippen molar-refractivity contribution in [3.8, 4) is 0 Å². The number of hydrogen-bond acceptors (Lipinski definition) is 4. The number of aryl methyl sites for hydroxylation is 1. The molecule has 0 fully saturated rings. The highest BCUT2D eigenvalue weighted by molar-refractivity contribution is 5.94. The zero-order valence-electron chi connectivity index (χ0n) is 18.3. The number of benzene rings is 2. The van der Waals surface area contributed by atoms with E-state index in [0.29, 0.717) is 38.2 Å². The maximum absolute atomic E-state index is 13.1. The SMILES string of the molecule is Cc1ccc(C(=O)N(CCCN)CC(C)Cc2coc(=O)n2Cc2ccccc2)cc1. The number of rotatable bonds is 10. The molecule has 0 saturated carbocycles. The Morgan fingerprint density at radius 1 is 1.13 bits per heavy atom. The van der Waals surface area contributed by atoms with Crippen molar-refractivity contribution in [1.82, 2.24) is 9.47 Å². The summed E-state index contributed by atoms with van der Waals surface area (Å²) < 4.78 is 6.84. The van der Waals surface area contributed by atoms with E-state index in [1.807, 2.05) is 66.4 Å². The van der Waals surface area contributed by atoms with Crippen LogP contribution in [0, 0.1) is 12.8 Å². The molecule has 1 atom stereocenters. The van der Waals surface area contributed by atoms with Crippen LogP contribution >= 0.6 is 0 Å². The number of oxazole rings is 1. The van der Waals surface area contributed by atoms with Crippen molar-refractivity contribution in [2.45, 2.75) is 33.2 Å². The van der Waals surface area contributed by atoms with Gasteiger partial charge in [-0.15, -0.1) is 0 Å². The molecule has 31 heavy (non-hydrogen) atoms. The van der Waals surface area contributed by atoms with Crippen LogP contribution < -0.4 is 11.5 Å². The van der Waals surface area contributed by atoms with Crippen molar-refractivity contribution in [1.29, 1.82) is 0 Å². The lowest BCUT2D eigenvalue weighted by molar-refractivity contribution is 0.0730. The van der Waals surface area contributed by atoms with Crippen molar-refractivity contribution in [3.05, 3.63) is 93.8 Å². The number of nitrogens with zero attached hydrogens (tertiary/aromatic N) is 2. The lowest BCUT2D eigenvalue weighted by atomic mass is 10.0. The molecule has 2 N–H and O–H groups in total. The maximum Gasteiger partial charge on any atom is 0.419 e. The minimum Gasteiger partial charge on any atom is -0.416 e. The number of aromatic nitrogens is 1. The molecule has 0 spiro atoms. The van der Waals surface area contributed by atoms with Crippen molar-refractivity contribution >= 4 is 5.91 Å². The van der Waals surface area contributed by atoms with Gasteiger partial charge in [-0.2, -0.15) is 0 Å². The normalized spacial score (nSPS) is 12.0. The van der Waals surface area contributed by atoms with Crippen LogP contribution in [0.4, 0.5) is 0 Å². The van der Waals surface area contributed by atoms with E-state index in [4.69, 9.17) is 10.2 Å². The highest BCUT2D eigenvalue weighted by Gasteiger charge is 2.20. The van der Waals surface area contributed by atoms with Gasteiger partial charge in [0, 0.05) is 18.7 Å². The molecule has 2 aromatic carbocycles. The average Bonchev–Trinajstić information content (AvgIpc) is 3.11. The lowest BCUT2D eigenvalue weighted by Crippen LogP contribution is -2.37. The Labute approximate surface area is 183 Å². The van der Waals surface area contributed by atoms with Gasteiger partial charge >= 0.3 is 5.76 Å². The molecule has 3 aromatic rings. The fourth-order valence-electron chi connectivity index (χ4n) is 3.69. The number of carbonyl (C=O) groups is 1. The van der Waals surface area contributed by atoms with Crippen LogP contribution in [0.2, 0.25) is 0 Å². The third-order valence-electron chi connectivity index (χ3n) is 5.35. The number of carbonyl (C=O) groups excluding carboxylic acids is 1. The molecule has 164 valence electrons. The zero-order chi connectivity index (χ0) is 22.2. The predicted octanol–water partition coefficient (Wildman–Crippen LogP) is 3.47. The van der Waals surface area contributed by atoms with Crippen LogP contribution in [0.25, 0.3) is 0 Å². The Morgan fingerprint density at radius 2 is 1.84 bits per heavy atom. The first kappa shape index (κ1) is 22.6. The Bertz CT molecular complexity index is 1020. The molecular formula is C25H31N3O3. The van der Waals surface area contributed by atoms with Crippen molar-refractivity contribution in [3.63, 3.8) is 0 Å². The van der Waals surface area contributed by atoms with Crippen LogP contribution in [0.3, 0.4) is 0 Å². The van der Waals surface area contributed by atoms with Crippen LogP contribution in [-0.2, 0) is 13.0 Å². The van der Waals surface area contributed by atoms with Crippen LogP contribution in [0.15, 0.2) is 70.1 Å². The molecule has 6 heteroatoms. The fourth-order valence-corrected chi connectivity index (χ4v) is 3.69. The number of amides is 1. The van der Waals surface area contributed by atoms with E-state index >= 15 is 0 Å². The van der Waals surface area contributed by atoms with Crippen LogP contribution in [-0.4, -0.2) is 35.0 Å². The van der Waals surface area contributed by atoms with E-state index in [1.165, 1.54) is 6.26 Å². The van der Waals surface area contributed by atoms with E-state index in [9.17, 15) is 9.59 Å². The van der Waals surface area contributed by atoms with Gasteiger partial charge in [0.2, 0.25) is 0 Å². The Balaban J connectivity index is 1.71. The third kappa shape index (κ3) is 6.18. The molecule has 0 saturated heterocycles. The summed E-state index contributed by atoms with van der Waals surface area (Å²) in [6.45, 7) is 6.28. The minimum atomic E-state index is -0.359. The van der Waals surface area contributed by atoms with E-state index in [1.54, 1.807) is 4.57 Å². The molecule has 6 nitrogen and oxygen atoms in total. The van der Waals surface area contributed by atoms with Gasteiger partial charge in [0.05, 0.1) is 12.2 Å². The first-order valence-electron chi connectivity index (χ1n) is 10.7. The van der Waals surface area contributed by atoms with Gasteiger partial charge in [0.15, 0.2) is 0 Å². The van der Waals surface area contributed by atoms with E-state index in [0.717, 1.165) is 23.2 Å². The zero-order valence-corrected chi connectivity index (χ0v) is 18.3. The lowest BCUT2D eigenvalue weighted by Gasteiger charge is -2.26. The quantitative estimate of drug-likeness (QED) is 0.543. The largest absolute Gasteiger partial charge is 0.419 e. The average molecular weight is 422 g/mol. The standard InChI is InChI=1S/C25H31N3O3/c1-19-9-11-22(12-10-19)24(29)27(14-6-13-26)16-20(2)15-23-18-31-25(30)28(23)17-21-7-4-3-5-8-21/h3-5,7-12,18,20H,6,13-17,26H2,1-2H3. The molecule has 0 aliphatic heterocycles. The van der Waals surface area contributed by atoms with Crippen LogP contribution in [0.5, 0.6) is 0 Å². The fraction of sp³-hybridized carbons (Fsp3) is 0.360. The summed E-state index contributed by atoms with van der Waals surface area (Å²) >= 11 is 0. The summed E-state index contributed by atoms with van der Waals surface area (Å²) in [5.74, 6) is -0.206. The molecule has 1 unspecified atom stereocenters. The van der Waals surface area contributed by atoms with Crippen LogP contribution in [0.1, 0.15) is 40.5 Å². The first-order valence-corrected chi connectivity index (χ1v) is 10.7. The van der Waals surface area contributed by atoms with Gasteiger partial charge in [0.1, 0.15) is 6.26 Å². The second kappa shape index (κ2) is 10.8. The summed E-state index contributed by atoms with van der Waals surface area (Å²) in [6.07, 6.45) is 2.92. The molecule has 0 aliphatic rings. The third-order valence-corrected chi connectivity index (χ3v) is 5.35. The van der Waals surface area contributed by atoms with Gasteiger partial charge < -0.3 is 15.1 Å². The second-order valence-corrected chi connectivity index (χ2v) is 8.13. The molecule has 0 aliphatic carbocycles.